The van der Waals surface area contributed by atoms with E-state index in [2.05, 4.69) is 6.92 Å². The molecule has 1 atom stereocenters. The van der Waals surface area contributed by atoms with Crippen LogP contribution in [0.4, 0.5) is 5.69 Å². The molecule has 118 valence electrons. The summed E-state index contributed by atoms with van der Waals surface area (Å²) in [6, 6.07) is 4.53. The molecule has 0 radical (unpaired) electrons. The monoisotopic (exact) mass is 330 g/mol. The lowest BCUT2D eigenvalue weighted by Gasteiger charge is -2.20. The number of nitrogen functional groups attached to an aromatic ring is 1. The van der Waals surface area contributed by atoms with E-state index >= 15 is 0 Å². The van der Waals surface area contributed by atoms with Crippen molar-refractivity contribution in [3.05, 3.63) is 23.2 Å². The van der Waals surface area contributed by atoms with E-state index in [1.54, 1.807) is 10.4 Å². The smallest absolute Gasteiger partial charge is 0.243 e. The van der Waals surface area contributed by atoms with Crippen molar-refractivity contribution in [1.82, 2.24) is 4.31 Å². The molecule has 4 nitrogen and oxygen atoms in total. The summed E-state index contributed by atoms with van der Waals surface area (Å²) in [5.41, 5.74) is 6.04. The molecule has 1 aliphatic rings. The van der Waals surface area contributed by atoms with Gasteiger partial charge >= 0.3 is 0 Å². The zero-order valence-corrected chi connectivity index (χ0v) is 14.0. The highest BCUT2D eigenvalue weighted by atomic mass is 35.5. The average Bonchev–Trinajstić information content (AvgIpc) is 2.68. The summed E-state index contributed by atoms with van der Waals surface area (Å²) in [7, 11) is -3.47. The molecule has 0 spiro atoms. The Bertz CT molecular complexity index is 589. The minimum absolute atomic E-state index is 0.232. The first-order chi connectivity index (χ1) is 9.95. The maximum atomic E-state index is 12.7. The number of sulfonamides is 1. The summed E-state index contributed by atoms with van der Waals surface area (Å²) in [5.74, 6) is 0.644. The second kappa shape index (κ2) is 6.99. The molecule has 1 aromatic rings. The summed E-state index contributed by atoms with van der Waals surface area (Å²) >= 11 is 5.95. The van der Waals surface area contributed by atoms with Crippen molar-refractivity contribution in [1.29, 1.82) is 0 Å². The number of nitrogens with zero attached hydrogens (tertiary/aromatic N) is 1. The van der Waals surface area contributed by atoms with Gasteiger partial charge in [0.1, 0.15) is 0 Å². The van der Waals surface area contributed by atoms with Gasteiger partial charge in [-0.15, -0.1) is 0 Å². The van der Waals surface area contributed by atoms with Gasteiger partial charge in [-0.1, -0.05) is 31.4 Å². The summed E-state index contributed by atoms with van der Waals surface area (Å²) < 4.78 is 27.0. The molecule has 1 aliphatic heterocycles. The van der Waals surface area contributed by atoms with Crippen LogP contribution in [0.1, 0.15) is 39.0 Å². The molecule has 0 aromatic heterocycles. The van der Waals surface area contributed by atoms with E-state index in [0.29, 0.717) is 24.7 Å². The van der Waals surface area contributed by atoms with Gasteiger partial charge in [-0.3, -0.25) is 0 Å². The van der Waals surface area contributed by atoms with Gasteiger partial charge in [0.2, 0.25) is 10.0 Å². The van der Waals surface area contributed by atoms with Gasteiger partial charge in [0.25, 0.3) is 0 Å². The normalized spacial score (nSPS) is 21.1. The molecule has 0 aliphatic carbocycles. The molecule has 0 amide bonds. The predicted molar refractivity (Wildman–Crippen MR) is 86.9 cm³/mol. The Hall–Kier alpha value is -0.780. The number of hydrogen-bond donors (Lipinski definition) is 1. The molecule has 1 unspecified atom stereocenters. The Balaban J connectivity index is 2.17. The van der Waals surface area contributed by atoms with Gasteiger partial charge in [0.15, 0.2) is 0 Å². The number of anilines is 1. The van der Waals surface area contributed by atoms with Crippen LogP contribution in [0, 0.1) is 5.92 Å². The van der Waals surface area contributed by atoms with Gasteiger partial charge in [-0.05, 0) is 43.4 Å². The molecule has 1 saturated heterocycles. The van der Waals surface area contributed by atoms with Crippen LogP contribution in [0.15, 0.2) is 23.1 Å². The molecule has 1 aromatic carbocycles. The van der Waals surface area contributed by atoms with Crippen LogP contribution in [-0.4, -0.2) is 25.8 Å². The van der Waals surface area contributed by atoms with Crippen molar-refractivity contribution in [2.24, 2.45) is 5.92 Å². The third-order valence-electron chi connectivity index (χ3n) is 4.11. The third-order valence-corrected chi connectivity index (χ3v) is 6.34. The highest BCUT2D eigenvalue weighted by Crippen LogP contribution is 2.28. The van der Waals surface area contributed by atoms with Crippen LogP contribution in [0.3, 0.4) is 0 Å². The molecular weight excluding hydrogens is 308 g/mol. The lowest BCUT2D eigenvalue weighted by Crippen LogP contribution is -2.32. The van der Waals surface area contributed by atoms with Gasteiger partial charge in [-0.2, -0.15) is 4.31 Å². The van der Waals surface area contributed by atoms with E-state index < -0.39 is 10.0 Å². The SMILES string of the molecule is CCCC1CCCN(S(=O)(=O)c2ccc(N)c(Cl)c2)CC1. The van der Waals surface area contributed by atoms with Crippen LogP contribution >= 0.6 is 11.6 Å². The van der Waals surface area contributed by atoms with E-state index in [4.69, 9.17) is 17.3 Å². The van der Waals surface area contributed by atoms with Crippen molar-refractivity contribution in [2.45, 2.75) is 43.9 Å². The van der Waals surface area contributed by atoms with E-state index in [0.717, 1.165) is 25.7 Å². The van der Waals surface area contributed by atoms with Gasteiger partial charge in [0, 0.05) is 13.1 Å². The summed E-state index contributed by atoms with van der Waals surface area (Å²) in [6.45, 7) is 3.36. The Morgan fingerprint density at radius 1 is 1.33 bits per heavy atom. The van der Waals surface area contributed by atoms with Crippen molar-refractivity contribution in [2.75, 3.05) is 18.8 Å². The fourth-order valence-corrected chi connectivity index (χ4v) is 4.66. The second-order valence-electron chi connectivity index (χ2n) is 5.67. The zero-order valence-electron chi connectivity index (χ0n) is 12.4. The molecular formula is C15H23ClN2O2S. The fraction of sp³-hybridized carbons (Fsp3) is 0.600. The highest BCUT2D eigenvalue weighted by molar-refractivity contribution is 7.89. The molecule has 0 saturated carbocycles. The predicted octanol–water partition coefficient (Wildman–Crippen LogP) is 3.51. The van der Waals surface area contributed by atoms with Crippen LogP contribution in [0.25, 0.3) is 0 Å². The van der Waals surface area contributed by atoms with E-state index in [1.807, 2.05) is 0 Å². The summed E-state index contributed by atoms with van der Waals surface area (Å²) in [4.78, 5) is 0.232. The minimum atomic E-state index is -3.47. The van der Waals surface area contributed by atoms with Crippen LogP contribution in [-0.2, 0) is 10.0 Å². The van der Waals surface area contributed by atoms with Gasteiger partial charge in [0.05, 0.1) is 15.6 Å². The topological polar surface area (TPSA) is 63.4 Å². The molecule has 1 heterocycles. The number of halogens is 1. The van der Waals surface area contributed by atoms with E-state index in [1.165, 1.54) is 18.6 Å². The highest BCUT2D eigenvalue weighted by Gasteiger charge is 2.27. The van der Waals surface area contributed by atoms with Gasteiger partial charge in [-0.25, -0.2) is 8.42 Å². The van der Waals surface area contributed by atoms with Crippen molar-refractivity contribution in [3.63, 3.8) is 0 Å². The first-order valence-corrected chi connectivity index (χ1v) is 9.32. The summed E-state index contributed by atoms with van der Waals surface area (Å²) in [6.07, 6.45) is 5.32. The average molecular weight is 331 g/mol. The quantitative estimate of drug-likeness (QED) is 0.859. The third kappa shape index (κ3) is 3.90. The van der Waals surface area contributed by atoms with Crippen molar-refractivity contribution in [3.8, 4) is 0 Å². The minimum Gasteiger partial charge on any atom is -0.398 e. The molecule has 2 N–H and O–H groups in total. The lowest BCUT2D eigenvalue weighted by atomic mass is 9.96. The Morgan fingerprint density at radius 3 is 2.76 bits per heavy atom. The number of rotatable bonds is 4. The maximum absolute atomic E-state index is 12.7. The number of nitrogens with two attached hydrogens (primary N) is 1. The fourth-order valence-electron chi connectivity index (χ4n) is 2.89. The molecule has 6 heteroatoms. The molecule has 0 bridgehead atoms. The molecule has 21 heavy (non-hydrogen) atoms. The van der Waals surface area contributed by atoms with E-state index in [-0.39, 0.29) is 9.92 Å². The largest absolute Gasteiger partial charge is 0.398 e. The Kier molecular flexibility index (Phi) is 5.52. The van der Waals surface area contributed by atoms with Crippen LogP contribution < -0.4 is 5.73 Å². The zero-order chi connectivity index (χ0) is 15.5. The van der Waals surface area contributed by atoms with E-state index in [9.17, 15) is 8.42 Å². The Labute approximate surface area is 132 Å². The lowest BCUT2D eigenvalue weighted by molar-refractivity contribution is 0.400. The molecule has 2 rings (SSSR count). The van der Waals surface area contributed by atoms with Crippen LogP contribution in [0.2, 0.25) is 5.02 Å². The second-order valence-corrected chi connectivity index (χ2v) is 8.02. The number of benzene rings is 1. The van der Waals surface area contributed by atoms with Crippen molar-refractivity contribution < 1.29 is 8.42 Å². The molecule has 1 fully saturated rings. The van der Waals surface area contributed by atoms with Crippen LogP contribution in [0.5, 0.6) is 0 Å². The maximum Gasteiger partial charge on any atom is 0.243 e. The van der Waals surface area contributed by atoms with Crippen molar-refractivity contribution >= 4 is 27.3 Å². The summed E-state index contributed by atoms with van der Waals surface area (Å²) in [5, 5.41) is 0.287. The number of hydrogen-bond acceptors (Lipinski definition) is 3. The first kappa shape index (κ1) is 16.6. The Morgan fingerprint density at radius 2 is 2.10 bits per heavy atom. The van der Waals surface area contributed by atoms with Gasteiger partial charge < -0.3 is 5.73 Å². The standard InChI is InChI=1S/C15H23ClN2O2S/c1-2-4-12-5-3-9-18(10-8-12)21(19,20)13-6-7-15(17)14(16)11-13/h6-7,11-12H,2-5,8-10,17H2,1H3. The first-order valence-electron chi connectivity index (χ1n) is 7.50.